The number of rotatable bonds is 21. The molecule has 2 fully saturated rings. The van der Waals surface area contributed by atoms with E-state index >= 15 is 0 Å². The van der Waals surface area contributed by atoms with E-state index < -0.39 is 39.2 Å². The summed E-state index contributed by atoms with van der Waals surface area (Å²) in [5, 5.41) is 34.5. The lowest BCUT2D eigenvalue weighted by atomic mass is 9.81. The molecular formula is C60H69ClN10O8S. The van der Waals surface area contributed by atoms with Crippen molar-refractivity contribution in [1.82, 2.24) is 35.5 Å². The average Bonchev–Trinajstić information content (AvgIpc) is 4.01. The van der Waals surface area contributed by atoms with Crippen molar-refractivity contribution in [3.63, 3.8) is 0 Å². The molecular weight excluding hydrogens is 1060 g/mol. The third-order valence-electron chi connectivity index (χ3n) is 16.1. The molecule has 3 amide bonds. The molecule has 20 heteroatoms. The van der Waals surface area contributed by atoms with E-state index in [0.29, 0.717) is 54.4 Å². The third-order valence-corrected chi connectivity index (χ3v) is 17.2. The monoisotopic (exact) mass is 1120 g/mol. The molecule has 2 aliphatic heterocycles. The maximum atomic E-state index is 12.9. The summed E-state index contributed by atoms with van der Waals surface area (Å²) >= 11 is 6.24. The van der Waals surface area contributed by atoms with Crippen molar-refractivity contribution in [3.8, 4) is 11.8 Å². The summed E-state index contributed by atoms with van der Waals surface area (Å²) in [7, 11) is -3.08. The standard InChI is InChI=1S/C60H69ClN10O8S/c1-7-69-45-29-28-40(80(77,78)79)34-42(45)59(4,5)46(69)23-10-8-11-24-47-58(2,3)41-21-13-14-22-44(41)70(47)32-17-9-12-26-49(72)63-30-31-64-50(73)27-16-15-25-48-67-55(65-36-38-19-18-20-39(61)33-38)51-56(68-48)71(37-66-51)52-43-35-60(43,57(76)62-6)54(75)53(52)74/h8,10-11,13-14,18-24,28-29,33-34,37,43,52-54,74-75H,7,9,12,16-17,26-27,30-32,35-36H2,1-6H3,(H4-,62,63,64,65,67,68,72,73,76,77,78,79)/t43-,52-,53+,54+,60-/m1/s1. The van der Waals surface area contributed by atoms with Gasteiger partial charge in [0.05, 0.1) is 34.2 Å². The molecule has 5 aromatic rings. The average molecular weight is 1130 g/mol. The van der Waals surface area contributed by atoms with Gasteiger partial charge in [0.2, 0.25) is 29.2 Å². The van der Waals surface area contributed by atoms with E-state index in [4.69, 9.17) is 16.6 Å². The number of nitrogens with zero attached hydrogens (tertiary/aromatic N) is 6. The van der Waals surface area contributed by atoms with Gasteiger partial charge in [-0.15, -0.1) is 0 Å². The van der Waals surface area contributed by atoms with Crippen LogP contribution >= 0.6 is 11.6 Å². The predicted octanol–water partition coefficient (Wildman–Crippen LogP) is 6.84. The lowest BCUT2D eigenvalue weighted by molar-refractivity contribution is -0.438. The van der Waals surface area contributed by atoms with E-state index in [-0.39, 0.29) is 65.7 Å². The second kappa shape index (κ2) is 23.5. The molecule has 0 spiro atoms. The molecule has 2 saturated carbocycles. The first-order valence-electron chi connectivity index (χ1n) is 27.2. The molecule has 2 aromatic heterocycles. The van der Waals surface area contributed by atoms with Crippen molar-refractivity contribution in [3.05, 3.63) is 137 Å². The molecule has 0 unspecified atom stereocenters. The molecule has 0 bridgehead atoms. The van der Waals surface area contributed by atoms with Crippen LogP contribution in [0.2, 0.25) is 5.02 Å². The number of carbonyl (C=O) groups excluding carboxylic acids is 3. The SMILES string of the molecule is CCN1\C(=C/C=C/C=C/C2=[N+](CCCCCC(=O)NCCNC(=O)CCC#Cc3nc(NCc4cccc(Cl)c4)c4ncn([C@H]5[C@H](O)[C@H](O)[C@@]6(C(=O)NC)C[C@H]56)c4n3)c3ccccc3C2(C)C)C(C)(C)c2cc(S(=O)(=O)[O-])ccc21. The minimum Gasteiger partial charge on any atom is -0.744 e. The number of hydrogen-bond donors (Lipinski definition) is 6. The molecule has 4 heterocycles. The van der Waals surface area contributed by atoms with Gasteiger partial charge in [0.25, 0.3) is 0 Å². The van der Waals surface area contributed by atoms with Gasteiger partial charge in [-0.3, -0.25) is 14.4 Å². The Morgan fingerprint density at radius 2 is 1.68 bits per heavy atom. The number of nitrogens with one attached hydrogen (secondary N) is 4. The Kier molecular flexibility index (Phi) is 16.9. The summed E-state index contributed by atoms with van der Waals surface area (Å²) in [6, 6.07) is 19.8. The molecule has 6 N–H and O–H groups in total. The van der Waals surface area contributed by atoms with Crippen LogP contribution in [0.1, 0.15) is 108 Å². The van der Waals surface area contributed by atoms with E-state index in [0.717, 1.165) is 41.9 Å². The predicted molar refractivity (Wildman–Crippen MR) is 306 cm³/mol. The molecule has 4 aliphatic rings. The van der Waals surface area contributed by atoms with Crippen molar-refractivity contribution in [1.29, 1.82) is 0 Å². The first-order valence-corrected chi connectivity index (χ1v) is 29.0. The van der Waals surface area contributed by atoms with Crippen molar-refractivity contribution in [2.45, 2.75) is 120 Å². The molecule has 2 aliphatic carbocycles. The van der Waals surface area contributed by atoms with Crippen LogP contribution in [0.3, 0.4) is 0 Å². The van der Waals surface area contributed by atoms with Crippen molar-refractivity contribution < 1.29 is 42.1 Å². The fourth-order valence-electron chi connectivity index (χ4n) is 12.0. The largest absolute Gasteiger partial charge is 0.744 e. The normalized spacial score (nSPS) is 21.9. The van der Waals surface area contributed by atoms with Gasteiger partial charge in [-0.25, -0.2) is 23.4 Å². The first-order chi connectivity index (χ1) is 38.2. The number of anilines is 2. The summed E-state index contributed by atoms with van der Waals surface area (Å²) in [5.41, 5.74) is 6.11. The number of aromatic nitrogens is 4. The number of halogens is 1. The quantitative estimate of drug-likeness (QED) is 0.0145. The van der Waals surface area contributed by atoms with E-state index in [9.17, 15) is 37.6 Å². The van der Waals surface area contributed by atoms with Crippen LogP contribution in [0.15, 0.2) is 114 Å². The van der Waals surface area contributed by atoms with Crippen molar-refractivity contribution in [2.24, 2.45) is 11.3 Å². The highest BCUT2D eigenvalue weighted by Gasteiger charge is 2.75. The number of allylic oxidation sites excluding steroid dienone is 6. The van der Waals surface area contributed by atoms with Gasteiger partial charge in [0, 0.05) is 104 Å². The summed E-state index contributed by atoms with van der Waals surface area (Å²) in [4.78, 5) is 54.3. The van der Waals surface area contributed by atoms with Gasteiger partial charge in [0.1, 0.15) is 22.8 Å². The minimum atomic E-state index is -4.59. The maximum Gasteiger partial charge on any atom is 0.229 e. The summed E-state index contributed by atoms with van der Waals surface area (Å²) in [5.74, 6) is 5.56. The van der Waals surface area contributed by atoms with Crippen LogP contribution in [0, 0.1) is 23.2 Å². The van der Waals surface area contributed by atoms with Crippen LogP contribution < -0.4 is 26.2 Å². The Morgan fingerprint density at radius 3 is 2.41 bits per heavy atom. The van der Waals surface area contributed by atoms with E-state index in [1.807, 2.05) is 63.3 Å². The second-order valence-electron chi connectivity index (χ2n) is 21.8. The zero-order chi connectivity index (χ0) is 57.1. The zero-order valence-corrected chi connectivity index (χ0v) is 47.5. The number of para-hydroxylation sites is 1. The van der Waals surface area contributed by atoms with Gasteiger partial charge in [0.15, 0.2) is 22.7 Å². The smallest absolute Gasteiger partial charge is 0.229 e. The van der Waals surface area contributed by atoms with Crippen LogP contribution in [0.25, 0.3) is 11.2 Å². The Balaban J connectivity index is 0.744. The highest BCUT2D eigenvalue weighted by Crippen LogP contribution is 2.68. The van der Waals surface area contributed by atoms with Crippen LogP contribution in [0.5, 0.6) is 0 Å². The molecule has 18 nitrogen and oxygen atoms in total. The summed E-state index contributed by atoms with van der Waals surface area (Å²) < 4.78 is 39.6. The van der Waals surface area contributed by atoms with Crippen LogP contribution in [0.4, 0.5) is 17.2 Å². The lowest BCUT2D eigenvalue weighted by Gasteiger charge is -2.25. The van der Waals surface area contributed by atoms with Gasteiger partial charge in [-0.2, -0.15) is 4.58 Å². The highest BCUT2D eigenvalue weighted by atomic mass is 35.5. The number of amides is 3. The maximum absolute atomic E-state index is 12.9. The number of benzene rings is 3. The molecule has 80 heavy (non-hydrogen) atoms. The first kappa shape index (κ1) is 57.5. The Morgan fingerprint density at radius 1 is 0.912 bits per heavy atom. The molecule has 3 aromatic carbocycles. The second-order valence-corrected chi connectivity index (χ2v) is 23.7. The van der Waals surface area contributed by atoms with Gasteiger partial charge < -0.3 is 45.5 Å². The van der Waals surface area contributed by atoms with Gasteiger partial charge in [-0.1, -0.05) is 79.9 Å². The van der Waals surface area contributed by atoms with E-state index in [2.05, 4.69) is 96.7 Å². The molecule has 0 saturated heterocycles. The zero-order valence-electron chi connectivity index (χ0n) is 45.9. The fraction of sp³-hybridized carbons (Fsp3) is 0.417. The number of unbranched alkanes of at least 4 members (excludes halogenated alkanes) is 2. The number of fused-ring (bicyclic) bond motifs is 4. The minimum absolute atomic E-state index is 0.0805. The number of imidazole rings is 1. The lowest BCUT2D eigenvalue weighted by Crippen LogP contribution is -2.41. The van der Waals surface area contributed by atoms with Gasteiger partial charge in [-0.05, 0) is 93.5 Å². The third kappa shape index (κ3) is 11.4. The number of aliphatic hydroxyl groups is 2. The molecule has 0 radical (unpaired) electrons. The van der Waals surface area contributed by atoms with Gasteiger partial charge >= 0.3 is 0 Å². The van der Waals surface area contributed by atoms with E-state index in [1.54, 1.807) is 16.7 Å². The number of likely N-dealkylation sites (N-methyl/N-ethyl adjacent to an activating group) is 1. The summed E-state index contributed by atoms with van der Waals surface area (Å²) in [6.07, 6.45) is 12.8. The topological polar surface area (TPSA) is 247 Å². The Bertz CT molecular complexity index is 3540. The van der Waals surface area contributed by atoms with Crippen molar-refractivity contribution in [2.75, 3.05) is 43.4 Å². The van der Waals surface area contributed by atoms with Crippen LogP contribution in [-0.2, 0) is 41.9 Å². The Labute approximate surface area is 472 Å². The fourth-order valence-corrected chi connectivity index (χ4v) is 12.7. The molecule has 5 atom stereocenters. The highest BCUT2D eigenvalue weighted by molar-refractivity contribution is 7.85. The number of hydrogen-bond acceptors (Lipinski definition) is 13. The van der Waals surface area contributed by atoms with Crippen molar-refractivity contribution >= 4 is 73.5 Å². The molecule has 420 valence electrons. The molecule has 9 rings (SSSR count). The van der Waals surface area contributed by atoms with Crippen LogP contribution in [-0.4, -0.2) is 116 Å². The Hall–Kier alpha value is -7.21. The summed E-state index contributed by atoms with van der Waals surface area (Å²) in [6.45, 7) is 12.9. The van der Waals surface area contributed by atoms with E-state index in [1.165, 1.54) is 42.5 Å². The number of carbonyl (C=O) groups is 3. The number of aliphatic hydroxyl groups excluding tert-OH is 2.